The average molecular weight is 230 g/mol. The van der Waals surface area contributed by atoms with Crippen LogP contribution in [0.25, 0.3) is 0 Å². The van der Waals surface area contributed by atoms with Crippen molar-refractivity contribution < 1.29 is 14.6 Å². The number of aliphatic hydroxyl groups excluding tert-OH is 1. The number of carbonyl (C=O) groups excluding carboxylic acids is 1. The van der Waals surface area contributed by atoms with Gasteiger partial charge in [0.15, 0.2) is 0 Å². The van der Waals surface area contributed by atoms with E-state index in [4.69, 9.17) is 0 Å². The second kappa shape index (κ2) is 6.06. The lowest BCUT2D eigenvalue weighted by Gasteiger charge is -2.38. The van der Waals surface area contributed by atoms with Crippen molar-refractivity contribution in [2.45, 2.75) is 32.4 Å². The summed E-state index contributed by atoms with van der Waals surface area (Å²) < 4.78 is 4.59. The van der Waals surface area contributed by atoms with E-state index < -0.39 is 6.09 Å². The lowest BCUT2D eigenvalue weighted by molar-refractivity contribution is 0.0493. The fourth-order valence-corrected chi connectivity index (χ4v) is 2.17. The van der Waals surface area contributed by atoms with E-state index in [9.17, 15) is 9.90 Å². The van der Waals surface area contributed by atoms with Gasteiger partial charge in [-0.2, -0.15) is 0 Å². The molecular formula is C11H22N2O3. The maximum Gasteiger partial charge on any atom is 0.407 e. The van der Waals surface area contributed by atoms with Crippen molar-refractivity contribution in [3.8, 4) is 0 Å². The van der Waals surface area contributed by atoms with Crippen molar-refractivity contribution in [3.63, 3.8) is 0 Å². The lowest BCUT2D eigenvalue weighted by Crippen LogP contribution is -2.52. The van der Waals surface area contributed by atoms with Crippen molar-refractivity contribution in [2.24, 2.45) is 5.92 Å². The van der Waals surface area contributed by atoms with Gasteiger partial charge in [0.1, 0.15) is 0 Å². The highest BCUT2D eigenvalue weighted by atomic mass is 16.5. The number of nitrogens with zero attached hydrogens (tertiary/aromatic N) is 1. The maximum absolute atomic E-state index is 11.1. The van der Waals surface area contributed by atoms with E-state index in [-0.39, 0.29) is 18.1 Å². The molecule has 0 saturated carbocycles. The molecule has 1 amide bonds. The number of amides is 1. The van der Waals surface area contributed by atoms with Crippen molar-refractivity contribution >= 4 is 6.09 Å². The van der Waals surface area contributed by atoms with Crippen LogP contribution < -0.4 is 5.32 Å². The SMILES string of the molecule is CCN1CC(NC(=O)OC)CC(C(C)O)C1. The molecule has 94 valence electrons. The van der Waals surface area contributed by atoms with Crippen LogP contribution in [0.1, 0.15) is 20.3 Å². The summed E-state index contributed by atoms with van der Waals surface area (Å²) in [6.07, 6.45) is 0.0760. The van der Waals surface area contributed by atoms with E-state index in [1.165, 1.54) is 7.11 Å². The summed E-state index contributed by atoms with van der Waals surface area (Å²) in [6.45, 7) is 6.55. The highest BCUT2D eigenvalue weighted by Gasteiger charge is 2.30. The van der Waals surface area contributed by atoms with Crippen molar-refractivity contribution in [1.82, 2.24) is 10.2 Å². The quantitative estimate of drug-likeness (QED) is 0.738. The number of hydrogen-bond donors (Lipinski definition) is 2. The molecule has 16 heavy (non-hydrogen) atoms. The van der Waals surface area contributed by atoms with Gasteiger partial charge in [-0.15, -0.1) is 0 Å². The summed E-state index contributed by atoms with van der Waals surface area (Å²) in [5.41, 5.74) is 0. The predicted octanol–water partition coefficient (Wildman–Crippen LogP) is 0.434. The second-order valence-corrected chi connectivity index (χ2v) is 4.42. The van der Waals surface area contributed by atoms with E-state index in [0.29, 0.717) is 0 Å². The highest BCUT2D eigenvalue weighted by molar-refractivity contribution is 5.67. The predicted molar refractivity (Wildman–Crippen MR) is 61.2 cm³/mol. The zero-order valence-electron chi connectivity index (χ0n) is 10.3. The number of likely N-dealkylation sites (N-methyl/N-ethyl adjacent to an activating group) is 1. The molecule has 1 heterocycles. The Bertz CT molecular complexity index is 233. The van der Waals surface area contributed by atoms with Gasteiger partial charge in [0.05, 0.1) is 13.2 Å². The first-order valence-corrected chi connectivity index (χ1v) is 5.81. The lowest BCUT2D eigenvalue weighted by atomic mass is 9.90. The fourth-order valence-electron chi connectivity index (χ4n) is 2.17. The third kappa shape index (κ3) is 3.64. The Morgan fingerprint density at radius 3 is 2.81 bits per heavy atom. The van der Waals surface area contributed by atoms with Crippen molar-refractivity contribution in [2.75, 3.05) is 26.7 Å². The molecule has 1 aliphatic rings. The number of rotatable bonds is 3. The molecule has 0 aromatic rings. The average Bonchev–Trinajstić information content (AvgIpc) is 2.28. The molecule has 0 bridgehead atoms. The van der Waals surface area contributed by atoms with Crippen molar-refractivity contribution in [1.29, 1.82) is 0 Å². The van der Waals surface area contributed by atoms with E-state index in [1.54, 1.807) is 6.92 Å². The van der Waals surface area contributed by atoms with Crippen LogP contribution in [-0.2, 0) is 4.74 Å². The third-order valence-corrected chi connectivity index (χ3v) is 3.20. The number of piperidine rings is 1. The molecule has 1 fully saturated rings. The molecule has 3 unspecified atom stereocenters. The number of nitrogens with one attached hydrogen (secondary N) is 1. The van der Waals surface area contributed by atoms with Crippen LogP contribution in [0.15, 0.2) is 0 Å². The monoisotopic (exact) mass is 230 g/mol. The Hall–Kier alpha value is -0.810. The Balaban J connectivity index is 2.53. The molecule has 2 N–H and O–H groups in total. The first kappa shape index (κ1) is 13.3. The summed E-state index contributed by atoms with van der Waals surface area (Å²) in [6, 6.07) is 0.0701. The van der Waals surface area contributed by atoms with E-state index in [2.05, 4.69) is 21.9 Å². The molecule has 3 atom stereocenters. The fraction of sp³-hybridized carbons (Fsp3) is 0.909. The minimum Gasteiger partial charge on any atom is -0.453 e. The number of carbonyl (C=O) groups is 1. The van der Waals surface area contributed by atoms with Crippen LogP contribution in [0.5, 0.6) is 0 Å². The number of methoxy groups -OCH3 is 1. The number of alkyl carbamates (subject to hydrolysis) is 1. The van der Waals surface area contributed by atoms with E-state index >= 15 is 0 Å². The Kier molecular flexibility index (Phi) is 5.02. The van der Waals surface area contributed by atoms with Crippen molar-refractivity contribution in [3.05, 3.63) is 0 Å². The van der Waals surface area contributed by atoms with Crippen LogP contribution in [0.4, 0.5) is 4.79 Å². The summed E-state index contributed by atoms with van der Waals surface area (Å²) in [5.74, 6) is 0.218. The van der Waals surface area contributed by atoms with E-state index in [1.807, 2.05) is 0 Å². The van der Waals surface area contributed by atoms with Gasteiger partial charge < -0.3 is 20.1 Å². The van der Waals surface area contributed by atoms with Gasteiger partial charge in [-0.25, -0.2) is 4.79 Å². The highest BCUT2D eigenvalue weighted by Crippen LogP contribution is 2.20. The Morgan fingerprint density at radius 1 is 1.62 bits per heavy atom. The Labute approximate surface area is 96.8 Å². The minimum atomic E-state index is -0.396. The van der Waals surface area contributed by atoms with Gasteiger partial charge in [0, 0.05) is 19.1 Å². The molecule has 5 heteroatoms. The van der Waals surface area contributed by atoms with Gasteiger partial charge in [-0.1, -0.05) is 6.92 Å². The van der Waals surface area contributed by atoms with E-state index in [0.717, 1.165) is 26.1 Å². The van der Waals surface area contributed by atoms with Gasteiger partial charge in [-0.3, -0.25) is 0 Å². The molecular weight excluding hydrogens is 208 g/mol. The van der Waals surface area contributed by atoms with Crippen LogP contribution in [0.2, 0.25) is 0 Å². The number of ether oxygens (including phenoxy) is 1. The molecule has 1 rings (SSSR count). The van der Waals surface area contributed by atoms with Crippen LogP contribution in [0.3, 0.4) is 0 Å². The summed E-state index contributed by atoms with van der Waals surface area (Å²) >= 11 is 0. The number of aliphatic hydroxyl groups is 1. The minimum absolute atomic E-state index is 0.0701. The molecule has 0 aromatic carbocycles. The first-order chi connectivity index (χ1) is 7.56. The molecule has 5 nitrogen and oxygen atoms in total. The van der Waals surface area contributed by atoms with Gasteiger partial charge in [0.25, 0.3) is 0 Å². The normalized spacial score (nSPS) is 28.5. The third-order valence-electron chi connectivity index (χ3n) is 3.20. The van der Waals surface area contributed by atoms with Gasteiger partial charge in [-0.05, 0) is 25.8 Å². The van der Waals surface area contributed by atoms with Crippen LogP contribution >= 0.6 is 0 Å². The van der Waals surface area contributed by atoms with Gasteiger partial charge in [0.2, 0.25) is 0 Å². The van der Waals surface area contributed by atoms with Gasteiger partial charge >= 0.3 is 6.09 Å². The largest absolute Gasteiger partial charge is 0.453 e. The second-order valence-electron chi connectivity index (χ2n) is 4.42. The molecule has 0 aromatic heterocycles. The summed E-state index contributed by atoms with van der Waals surface area (Å²) in [5, 5.41) is 12.4. The maximum atomic E-state index is 11.1. The molecule has 1 aliphatic heterocycles. The molecule has 0 radical (unpaired) electrons. The summed E-state index contributed by atoms with van der Waals surface area (Å²) in [7, 11) is 1.36. The standard InChI is InChI=1S/C11H22N2O3/c1-4-13-6-9(8(2)14)5-10(7-13)12-11(15)16-3/h8-10,14H,4-7H2,1-3H3,(H,12,15). The smallest absolute Gasteiger partial charge is 0.407 e. The topological polar surface area (TPSA) is 61.8 Å². The molecule has 0 spiro atoms. The zero-order valence-corrected chi connectivity index (χ0v) is 10.3. The first-order valence-electron chi connectivity index (χ1n) is 5.81. The number of likely N-dealkylation sites (tertiary alicyclic amines) is 1. The number of hydrogen-bond acceptors (Lipinski definition) is 4. The van der Waals surface area contributed by atoms with Crippen LogP contribution in [-0.4, -0.2) is 55.0 Å². The molecule has 1 saturated heterocycles. The Morgan fingerprint density at radius 2 is 2.31 bits per heavy atom. The van der Waals surface area contributed by atoms with Crippen LogP contribution in [0, 0.1) is 5.92 Å². The summed E-state index contributed by atoms with van der Waals surface area (Å²) in [4.78, 5) is 13.4. The molecule has 0 aliphatic carbocycles. The zero-order chi connectivity index (χ0) is 12.1.